The summed E-state index contributed by atoms with van der Waals surface area (Å²) in [5, 5.41) is 2.36. The van der Waals surface area contributed by atoms with Crippen LogP contribution in [0.15, 0.2) is 125 Å². The molecule has 1 aliphatic rings. The van der Waals surface area contributed by atoms with Crippen LogP contribution in [0.2, 0.25) is 0 Å². The molecular weight excluding hydrogens is 438 g/mol. The molecule has 0 fully saturated rings. The first-order valence-electron chi connectivity index (χ1n) is 11.2. The molecule has 4 heteroatoms. The lowest BCUT2D eigenvalue weighted by Gasteiger charge is -2.10. The van der Waals surface area contributed by atoms with E-state index in [9.17, 15) is 8.42 Å². The summed E-state index contributed by atoms with van der Waals surface area (Å²) in [7, 11) is -3.54. The summed E-state index contributed by atoms with van der Waals surface area (Å²) in [6.45, 7) is 0. The van der Waals surface area contributed by atoms with Gasteiger partial charge in [-0.3, -0.25) is 0 Å². The van der Waals surface area contributed by atoms with Crippen LogP contribution >= 0.6 is 0 Å². The van der Waals surface area contributed by atoms with Crippen molar-refractivity contribution in [2.75, 3.05) is 0 Å². The second-order valence-corrected chi connectivity index (χ2v) is 10.5. The van der Waals surface area contributed by atoms with Crippen LogP contribution in [0.5, 0.6) is 0 Å². The van der Waals surface area contributed by atoms with Crippen LogP contribution in [0.25, 0.3) is 49.7 Å². The quantitative estimate of drug-likeness (QED) is 0.274. The molecule has 0 aliphatic carbocycles. The van der Waals surface area contributed by atoms with Crippen molar-refractivity contribution in [1.82, 2.24) is 4.57 Å². The number of sulfone groups is 1. The highest BCUT2D eigenvalue weighted by atomic mass is 32.2. The Hall–Kier alpha value is -4.15. The third-order valence-electron chi connectivity index (χ3n) is 6.76. The summed E-state index contributed by atoms with van der Waals surface area (Å²) >= 11 is 0. The van der Waals surface area contributed by atoms with E-state index in [1.807, 2.05) is 66.7 Å². The summed E-state index contributed by atoms with van der Waals surface area (Å²) in [5.74, 6) is 0. The lowest BCUT2D eigenvalue weighted by Crippen LogP contribution is -1.98. The molecule has 0 radical (unpaired) electrons. The summed E-state index contributed by atoms with van der Waals surface area (Å²) in [5.41, 5.74) is 6.74. The molecule has 0 N–H and O–H groups in total. The minimum atomic E-state index is -3.54. The summed E-state index contributed by atoms with van der Waals surface area (Å²) in [6.07, 6.45) is 0. The highest BCUT2D eigenvalue weighted by molar-refractivity contribution is 7.92. The fraction of sp³-hybridized carbons (Fsp3) is 0. The van der Waals surface area contributed by atoms with E-state index >= 15 is 0 Å². The average molecular weight is 458 g/mol. The third-order valence-corrected chi connectivity index (χ3v) is 8.63. The van der Waals surface area contributed by atoms with Crippen molar-refractivity contribution in [1.29, 1.82) is 0 Å². The molecule has 162 valence electrons. The van der Waals surface area contributed by atoms with E-state index in [1.54, 1.807) is 12.1 Å². The maximum absolute atomic E-state index is 13.3. The van der Waals surface area contributed by atoms with Crippen LogP contribution in [0, 0.1) is 0 Å². The maximum Gasteiger partial charge on any atom is 0.207 e. The van der Waals surface area contributed by atoms with Crippen LogP contribution in [0.4, 0.5) is 0 Å². The molecule has 3 nitrogen and oxygen atoms in total. The fourth-order valence-corrected chi connectivity index (χ4v) is 6.85. The van der Waals surface area contributed by atoms with Gasteiger partial charge in [-0.25, -0.2) is 8.42 Å². The lowest BCUT2D eigenvalue weighted by molar-refractivity contribution is 0.598. The Balaban J connectivity index is 1.51. The van der Waals surface area contributed by atoms with E-state index in [4.69, 9.17) is 0 Å². The summed E-state index contributed by atoms with van der Waals surface area (Å²) in [6, 6.07) is 38.1. The number of aromatic nitrogens is 1. The molecule has 0 saturated heterocycles. The first-order chi connectivity index (χ1) is 16.6. The third kappa shape index (κ3) is 2.60. The van der Waals surface area contributed by atoms with E-state index in [0.717, 1.165) is 39.0 Å². The SMILES string of the molecule is O=S1(=O)c2ccc(-c3ccccc3)cc2-c2cc(-n3c4ccccc4c4ccccc43)ccc21. The molecule has 6 aromatic rings. The van der Waals surface area contributed by atoms with Gasteiger partial charge in [0.05, 0.1) is 20.8 Å². The fourth-order valence-electron chi connectivity index (χ4n) is 5.21. The zero-order valence-corrected chi connectivity index (χ0v) is 19.0. The van der Waals surface area contributed by atoms with Gasteiger partial charge in [-0.1, -0.05) is 72.8 Å². The van der Waals surface area contributed by atoms with Gasteiger partial charge in [-0.15, -0.1) is 0 Å². The molecular formula is C30H19NO2S. The van der Waals surface area contributed by atoms with Crippen molar-refractivity contribution in [3.8, 4) is 27.9 Å². The van der Waals surface area contributed by atoms with Crippen LogP contribution < -0.4 is 0 Å². The Labute approximate surface area is 197 Å². The number of nitrogens with zero attached hydrogens (tertiary/aromatic N) is 1. The van der Waals surface area contributed by atoms with Gasteiger partial charge < -0.3 is 4.57 Å². The van der Waals surface area contributed by atoms with Gasteiger partial charge in [0.2, 0.25) is 9.84 Å². The topological polar surface area (TPSA) is 39.1 Å². The first-order valence-corrected chi connectivity index (χ1v) is 12.7. The normalized spacial score (nSPS) is 13.8. The molecule has 1 aliphatic heterocycles. The molecule has 2 heterocycles. The summed E-state index contributed by atoms with van der Waals surface area (Å²) in [4.78, 5) is 0.749. The van der Waals surface area contributed by atoms with E-state index in [0.29, 0.717) is 9.79 Å². The van der Waals surface area contributed by atoms with E-state index < -0.39 is 9.84 Å². The predicted octanol–water partition coefficient (Wildman–Crippen LogP) is 7.26. The molecule has 0 atom stereocenters. The predicted molar refractivity (Wildman–Crippen MR) is 137 cm³/mol. The monoisotopic (exact) mass is 457 g/mol. The molecule has 1 aromatic heterocycles. The zero-order valence-electron chi connectivity index (χ0n) is 18.1. The Morgan fingerprint density at radius 1 is 0.500 bits per heavy atom. The van der Waals surface area contributed by atoms with Crippen LogP contribution in [-0.2, 0) is 9.84 Å². The van der Waals surface area contributed by atoms with Gasteiger partial charge in [0.1, 0.15) is 0 Å². The van der Waals surface area contributed by atoms with E-state index in [2.05, 4.69) is 41.0 Å². The van der Waals surface area contributed by atoms with E-state index in [-0.39, 0.29) is 0 Å². The molecule has 0 unspecified atom stereocenters. The molecule has 0 amide bonds. The van der Waals surface area contributed by atoms with Gasteiger partial charge in [0, 0.05) is 27.6 Å². The smallest absolute Gasteiger partial charge is 0.207 e. The van der Waals surface area contributed by atoms with Gasteiger partial charge in [-0.2, -0.15) is 0 Å². The Bertz CT molecular complexity index is 1810. The second kappa shape index (κ2) is 6.92. The van der Waals surface area contributed by atoms with Gasteiger partial charge in [-0.05, 0) is 53.6 Å². The highest BCUT2D eigenvalue weighted by Gasteiger charge is 2.33. The van der Waals surface area contributed by atoms with Crippen molar-refractivity contribution < 1.29 is 8.42 Å². The number of hydrogen-bond acceptors (Lipinski definition) is 2. The molecule has 5 aromatic carbocycles. The molecule has 34 heavy (non-hydrogen) atoms. The largest absolute Gasteiger partial charge is 0.309 e. The molecule has 7 rings (SSSR count). The maximum atomic E-state index is 13.3. The van der Waals surface area contributed by atoms with Crippen molar-refractivity contribution in [2.24, 2.45) is 0 Å². The van der Waals surface area contributed by atoms with Crippen molar-refractivity contribution in [3.05, 3.63) is 115 Å². The van der Waals surface area contributed by atoms with Crippen molar-refractivity contribution in [3.63, 3.8) is 0 Å². The minimum absolute atomic E-state index is 0.372. The Morgan fingerprint density at radius 3 is 1.74 bits per heavy atom. The number of rotatable bonds is 2. The number of para-hydroxylation sites is 2. The van der Waals surface area contributed by atoms with Gasteiger partial charge in [0.15, 0.2) is 0 Å². The van der Waals surface area contributed by atoms with Crippen LogP contribution in [0.3, 0.4) is 0 Å². The van der Waals surface area contributed by atoms with Gasteiger partial charge >= 0.3 is 0 Å². The average Bonchev–Trinajstić information content (AvgIpc) is 3.33. The lowest BCUT2D eigenvalue weighted by atomic mass is 9.99. The first kappa shape index (κ1) is 19.3. The Morgan fingerprint density at radius 2 is 1.06 bits per heavy atom. The molecule has 0 saturated carbocycles. The molecule has 0 bridgehead atoms. The second-order valence-electron chi connectivity index (χ2n) is 8.63. The Kier molecular flexibility index (Phi) is 3.94. The highest BCUT2D eigenvalue weighted by Crippen LogP contribution is 2.46. The minimum Gasteiger partial charge on any atom is -0.309 e. The molecule has 0 spiro atoms. The van der Waals surface area contributed by atoms with Crippen LogP contribution in [-0.4, -0.2) is 13.0 Å². The number of fused-ring (bicyclic) bond motifs is 6. The van der Waals surface area contributed by atoms with Crippen molar-refractivity contribution >= 4 is 31.6 Å². The van der Waals surface area contributed by atoms with Gasteiger partial charge in [0.25, 0.3) is 0 Å². The zero-order chi connectivity index (χ0) is 22.9. The number of hydrogen-bond donors (Lipinski definition) is 0. The van der Waals surface area contributed by atoms with Crippen LogP contribution in [0.1, 0.15) is 0 Å². The summed E-state index contributed by atoms with van der Waals surface area (Å²) < 4.78 is 28.9. The number of benzene rings is 5. The van der Waals surface area contributed by atoms with E-state index in [1.165, 1.54) is 10.8 Å². The van der Waals surface area contributed by atoms with Crippen molar-refractivity contribution in [2.45, 2.75) is 9.79 Å². The standard InChI is InChI=1S/C30H19NO2S/c32-34(33)29-16-14-21(20-8-2-1-3-9-20)18-25(29)26-19-22(15-17-30(26)34)31-27-12-6-4-10-23(27)24-11-5-7-13-28(24)31/h1-19H.